The molecule has 1 aliphatic heterocycles. The van der Waals surface area contributed by atoms with E-state index in [1.54, 1.807) is 18.2 Å². The average Bonchev–Trinajstić information content (AvgIpc) is 2.77. The molecule has 0 aromatic heterocycles. The molecule has 0 saturated carbocycles. The predicted octanol–water partition coefficient (Wildman–Crippen LogP) is 2.24. The lowest BCUT2D eigenvalue weighted by atomic mass is 10.1. The molecule has 0 spiro atoms. The number of halogens is 1. The number of phenolic OH excluding ortho intramolecular Hbond substituents is 1. The Labute approximate surface area is 109 Å². The van der Waals surface area contributed by atoms with Crippen LogP contribution in [0.5, 0.6) is 5.75 Å². The van der Waals surface area contributed by atoms with Gasteiger partial charge in [0.1, 0.15) is 0 Å². The Morgan fingerprint density at radius 1 is 1.59 bits per heavy atom. The predicted molar refractivity (Wildman–Crippen MR) is 70.1 cm³/mol. The van der Waals surface area contributed by atoms with Crippen LogP contribution in [-0.4, -0.2) is 23.6 Å². The monoisotopic (exact) mass is 298 g/mol. The minimum atomic E-state index is -0.0715. The van der Waals surface area contributed by atoms with Crippen molar-refractivity contribution in [3.63, 3.8) is 0 Å². The van der Waals surface area contributed by atoms with E-state index in [-0.39, 0.29) is 17.7 Å². The summed E-state index contributed by atoms with van der Waals surface area (Å²) < 4.78 is 0.578. The number of benzene rings is 1. The van der Waals surface area contributed by atoms with Crippen molar-refractivity contribution >= 4 is 27.5 Å². The molecular formula is C12H15BrN2O2. The van der Waals surface area contributed by atoms with Crippen molar-refractivity contribution < 1.29 is 9.90 Å². The van der Waals surface area contributed by atoms with Crippen LogP contribution in [0.25, 0.3) is 0 Å². The van der Waals surface area contributed by atoms with Crippen LogP contribution in [0.4, 0.5) is 5.69 Å². The third kappa shape index (κ3) is 3.20. The molecular weight excluding hydrogens is 284 g/mol. The summed E-state index contributed by atoms with van der Waals surface area (Å²) in [4.78, 5) is 11.8. The number of carbonyl (C=O) groups excluding carboxylic acids is 1. The van der Waals surface area contributed by atoms with Crippen molar-refractivity contribution in [2.75, 3.05) is 11.9 Å². The minimum Gasteiger partial charge on any atom is -0.505 e. The number of amides is 1. The van der Waals surface area contributed by atoms with Gasteiger partial charge < -0.3 is 15.7 Å². The van der Waals surface area contributed by atoms with Gasteiger partial charge >= 0.3 is 0 Å². The number of aromatic hydroxyl groups is 1. The molecule has 92 valence electrons. The number of rotatable bonds is 3. The third-order valence-corrected chi connectivity index (χ3v) is 3.49. The van der Waals surface area contributed by atoms with E-state index in [9.17, 15) is 9.90 Å². The quantitative estimate of drug-likeness (QED) is 0.750. The first-order chi connectivity index (χ1) is 8.16. The molecule has 0 radical (unpaired) electrons. The molecule has 4 nitrogen and oxygen atoms in total. The van der Waals surface area contributed by atoms with E-state index in [0.29, 0.717) is 16.6 Å². The van der Waals surface area contributed by atoms with Crippen LogP contribution in [0.15, 0.2) is 22.7 Å². The van der Waals surface area contributed by atoms with E-state index in [1.807, 2.05) is 0 Å². The second-order valence-corrected chi connectivity index (χ2v) is 5.04. The summed E-state index contributed by atoms with van der Waals surface area (Å²) in [5.41, 5.74) is 0.447. The van der Waals surface area contributed by atoms with Gasteiger partial charge in [0.25, 0.3) is 0 Å². The molecule has 1 aromatic carbocycles. The van der Waals surface area contributed by atoms with Gasteiger partial charge in [0.05, 0.1) is 10.2 Å². The van der Waals surface area contributed by atoms with E-state index >= 15 is 0 Å². The number of hydrogen-bond acceptors (Lipinski definition) is 3. The van der Waals surface area contributed by atoms with Crippen molar-refractivity contribution in [2.45, 2.75) is 25.3 Å². The first-order valence-electron chi connectivity index (χ1n) is 5.67. The molecule has 1 unspecified atom stereocenters. The number of hydrogen-bond donors (Lipinski definition) is 3. The van der Waals surface area contributed by atoms with E-state index in [1.165, 1.54) is 0 Å². The minimum absolute atomic E-state index is 0.0697. The molecule has 1 fully saturated rings. The zero-order chi connectivity index (χ0) is 12.3. The maximum Gasteiger partial charge on any atom is 0.226 e. The Bertz CT molecular complexity index is 417. The fourth-order valence-electron chi connectivity index (χ4n) is 1.97. The molecule has 1 aromatic rings. The van der Waals surface area contributed by atoms with Gasteiger partial charge in [0, 0.05) is 12.5 Å². The largest absolute Gasteiger partial charge is 0.505 e. The van der Waals surface area contributed by atoms with E-state index in [4.69, 9.17) is 0 Å². The molecule has 1 aliphatic rings. The van der Waals surface area contributed by atoms with Gasteiger partial charge in [-0.1, -0.05) is 6.07 Å². The molecule has 5 heteroatoms. The highest BCUT2D eigenvalue weighted by molar-refractivity contribution is 9.10. The van der Waals surface area contributed by atoms with Gasteiger partial charge in [-0.25, -0.2) is 0 Å². The Morgan fingerprint density at radius 3 is 3.12 bits per heavy atom. The van der Waals surface area contributed by atoms with Crippen molar-refractivity contribution in [1.29, 1.82) is 0 Å². The average molecular weight is 299 g/mol. The van der Waals surface area contributed by atoms with Crippen molar-refractivity contribution in [3.05, 3.63) is 22.7 Å². The molecule has 3 N–H and O–H groups in total. The third-order valence-electron chi connectivity index (χ3n) is 2.86. The van der Waals surface area contributed by atoms with Crippen LogP contribution in [0.2, 0.25) is 0 Å². The molecule has 0 bridgehead atoms. The van der Waals surface area contributed by atoms with Crippen LogP contribution in [0.1, 0.15) is 19.3 Å². The normalized spacial score (nSPS) is 19.2. The smallest absolute Gasteiger partial charge is 0.226 e. The maximum absolute atomic E-state index is 11.8. The number of para-hydroxylation sites is 1. The van der Waals surface area contributed by atoms with Crippen LogP contribution in [-0.2, 0) is 4.79 Å². The number of nitrogens with one attached hydrogen (secondary N) is 2. The molecule has 1 heterocycles. The summed E-state index contributed by atoms with van der Waals surface area (Å²) in [5.74, 6) is -0.00182. The van der Waals surface area contributed by atoms with Gasteiger partial charge in [0.2, 0.25) is 5.91 Å². The first-order valence-corrected chi connectivity index (χ1v) is 6.47. The number of anilines is 1. The Hall–Kier alpha value is -1.07. The summed E-state index contributed by atoms with van der Waals surface area (Å²) in [6.45, 7) is 0.986. The van der Waals surface area contributed by atoms with Gasteiger partial charge in [-0.3, -0.25) is 4.79 Å². The summed E-state index contributed by atoms with van der Waals surface area (Å²) in [5, 5.41) is 15.7. The van der Waals surface area contributed by atoms with Crippen LogP contribution >= 0.6 is 15.9 Å². The lowest BCUT2D eigenvalue weighted by Gasteiger charge is -2.11. The number of phenols is 1. The second kappa shape index (κ2) is 5.51. The standard InChI is InChI=1S/C12H15BrN2O2/c13-9-4-1-5-10(12(9)17)15-11(16)7-8-3-2-6-14-8/h1,4-5,8,14,17H,2-3,6-7H2,(H,15,16). The summed E-state index contributed by atoms with van der Waals surface area (Å²) in [6.07, 6.45) is 2.62. The lowest BCUT2D eigenvalue weighted by molar-refractivity contribution is -0.116. The molecule has 1 amide bonds. The molecule has 17 heavy (non-hydrogen) atoms. The molecule has 0 aliphatic carbocycles. The Kier molecular flexibility index (Phi) is 4.02. The first kappa shape index (κ1) is 12.4. The number of carbonyl (C=O) groups is 1. The Balaban J connectivity index is 1.95. The summed E-state index contributed by atoms with van der Waals surface area (Å²) in [7, 11) is 0. The van der Waals surface area contributed by atoms with E-state index in [0.717, 1.165) is 19.4 Å². The molecule has 2 rings (SSSR count). The highest BCUT2D eigenvalue weighted by Gasteiger charge is 2.18. The van der Waals surface area contributed by atoms with Crippen molar-refractivity contribution in [3.8, 4) is 5.75 Å². The van der Waals surface area contributed by atoms with E-state index < -0.39 is 0 Å². The van der Waals surface area contributed by atoms with Crippen LogP contribution in [0.3, 0.4) is 0 Å². The maximum atomic E-state index is 11.8. The van der Waals surface area contributed by atoms with Crippen molar-refractivity contribution in [1.82, 2.24) is 5.32 Å². The Morgan fingerprint density at radius 2 is 2.41 bits per heavy atom. The van der Waals surface area contributed by atoms with Crippen LogP contribution in [0, 0.1) is 0 Å². The summed E-state index contributed by atoms with van der Waals surface area (Å²) >= 11 is 3.21. The summed E-state index contributed by atoms with van der Waals surface area (Å²) in [6, 6.07) is 5.45. The van der Waals surface area contributed by atoms with Gasteiger partial charge in [-0.15, -0.1) is 0 Å². The van der Waals surface area contributed by atoms with Gasteiger partial charge in [-0.2, -0.15) is 0 Å². The van der Waals surface area contributed by atoms with E-state index in [2.05, 4.69) is 26.6 Å². The van der Waals surface area contributed by atoms with Gasteiger partial charge in [-0.05, 0) is 47.4 Å². The topological polar surface area (TPSA) is 61.4 Å². The lowest BCUT2D eigenvalue weighted by Crippen LogP contribution is -2.27. The second-order valence-electron chi connectivity index (χ2n) is 4.18. The highest BCUT2D eigenvalue weighted by atomic mass is 79.9. The van der Waals surface area contributed by atoms with Gasteiger partial charge in [0.15, 0.2) is 5.75 Å². The fourth-order valence-corrected chi connectivity index (χ4v) is 2.34. The zero-order valence-electron chi connectivity index (χ0n) is 9.37. The van der Waals surface area contributed by atoms with Crippen molar-refractivity contribution in [2.24, 2.45) is 0 Å². The molecule has 1 atom stereocenters. The SMILES string of the molecule is O=C(CC1CCCN1)Nc1cccc(Br)c1O. The fraction of sp³-hybridized carbons (Fsp3) is 0.417. The molecule has 1 saturated heterocycles. The van der Waals surface area contributed by atoms with Crippen LogP contribution < -0.4 is 10.6 Å². The highest BCUT2D eigenvalue weighted by Crippen LogP contribution is 2.31. The zero-order valence-corrected chi connectivity index (χ0v) is 11.0.